The van der Waals surface area contributed by atoms with E-state index in [2.05, 4.69) is 35.3 Å². The summed E-state index contributed by atoms with van der Waals surface area (Å²) in [5, 5.41) is 13.1. The molecule has 2 rings (SSSR count). The van der Waals surface area contributed by atoms with E-state index >= 15 is 0 Å². The molecule has 1 unspecified atom stereocenters. The van der Waals surface area contributed by atoms with E-state index in [1.165, 1.54) is 12.8 Å². The Bertz CT molecular complexity index is 475. The van der Waals surface area contributed by atoms with Crippen molar-refractivity contribution in [2.24, 2.45) is 0 Å². The molecule has 1 aromatic rings. The maximum Gasteiger partial charge on any atom is 0.103 e. The van der Waals surface area contributed by atoms with Crippen molar-refractivity contribution in [2.45, 2.75) is 37.1 Å². The first-order valence-electron chi connectivity index (χ1n) is 7.35. The second-order valence-corrected chi connectivity index (χ2v) is 6.05. The molecule has 1 fully saturated rings. The second-order valence-electron chi connectivity index (χ2n) is 5.21. The van der Waals surface area contributed by atoms with Crippen molar-refractivity contribution in [2.75, 3.05) is 30.8 Å². The molecule has 0 spiro atoms. The summed E-state index contributed by atoms with van der Waals surface area (Å²) >= 11 is 1.65. The average Bonchev–Trinajstić information content (AvgIpc) is 2.98. The zero-order valence-electron chi connectivity index (χ0n) is 12.4. The van der Waals surface area contributed by atoms with Gasteiger partial charge in [0.15, 0.2) is 0 Å². The summed E-state index contributed by atoms with van der Waals surface area (Å²) in [6, 6.07) is 9.14. The molecular formula is C16H23N3S. The van der Waals surface area contributed by atoms with Gasteiger partial charge in [-0.05, 0) is 44.2 Å². The first kappa shape index (κ1) is 15.2. The summed E-state index contributed by atoms with van der Waals surface area (Å²) in [7, 11) is 0. The predicted molar refractivity (Wildman–Crippen MR) is 86.5 cm³/mol. The molecule has 0 saturated carbocycles. The minimum atomic E-state index is 0.561. The molecule has 0 bridgehead atoms. The van der Waals surface area contributed by atoms with Gasteiger partial charge in [-0.1, -0.05) is 13.0 Å². The van der Waals surface area contributed by atoms with Crippen molar-refractivity contribution in [1.82, 2.24) is 5.32 Å². The first-order valence-corrected chi connectivity index (χ1v) is 8.58. The summed E-state index contributed by atoms with van der Waals surface area (Å²) in [5.41, 5.74) is 1.92. The van der Waals surface area contributed by atoms with Crippen LogP contribution in [0.2, 0.25) is 0 Å². The second kappa shape index (κ2) is 7.56. The normalized spacial score (nSPS) is 17.9. The standard InChI is InChI=1S/C16H23N3S/c1-3-10-19(12-13-6-5-9-18-13)15-7-4-8-16(20-2)14(15)11-17/h4,7-8,13,18H,3,5-6,9-10,12H2,1-2H3. The van der Waals surface area contributed by atoms with E-state index in [0.717, 1.165) is 42.2 Å². The summed E-state index contributed by atoms with van der Waals surface area (Å²) in [6.07, 6.45) is 5.63. The van der Waals surface area contributed by atoms with Gasteiger partial charge in [-0.25, -0.2) is 0 Å². The molecule has 108 valence electrons. The fourth-order valence-electron chi connectivity index (χ4n) is 2.82. The van der Waals surface area contributed by atoms with Crippen LogP contribution >= 0.6 is 11.8 Å². The minimum Gasteiger partial charge on any atom is -0.369 e. The third-order valence-electron chi connectivity index (χ3n) is 3.77. The van der Waals surface area contributed by atoms with Crippen LogP contribution in [0.25, 0.3) is 0 Å². The third-order valence-corrected chi connectivity index (χ3v) is 4.55. The van der Waals surface area contributed by atoms with Crippen molar-refractivity contribution < 1.29 is 0 Å². The molecule has 0 aliphatic carbocycles. The van der Waals surface area contributed by atoms with E-state index < -0.39 is 0 Å². The summed E-state index contributed by atoms with van der Waals surface area (Å²) < 4.78 is 0. The van der Waals surface area contributed by atoms with Gasteiger partial charge in [0.2, 0.25) is 0 Å². The van der Waals surface area contributed by atoms with E-state index in [0.29, 0.717) is 6.04 Å². The van der Waals surface area contributed by atoms with Crippen LogP contribution < -0.4 is 10.2 Å². The predicted octanol–water partition coefficient (Wildman–Crippen LogP) is 3.25. The lowest BCUT2D eigenvalue weighted by atomic mass is 10.1. The van der Waals surface area contributed by atoms with Crippen LogP contribution in [0.1, 0.15) is 31.7 Å². The molecule has 1 saturated heterocycles. The largest absolute Gasteiger partial charge is 0.369 e. The van der Waals surface area contributed by atoms with Crippen molar-refractivity contribution in [1.29, 1.82) is 5.26 Å². The number of thioether (sulfide) groups is 1. The van der Waals surface area contributed by atoms with E-state index in [-0.39, 0.29) is 0 Å². The van der Waals surface area contributed by atoms with Crippen LogP contribution in [0.4, 0.5) is 5.69 Å². The molecule has 1 heterocycles. The molecule has 1 aliphatic heterocycles. The van der Waals surface area contributed by atoms with Crippen LogP contribution in [0.5, 0.6) is 0 Å². The number of rotatable bonds is 6. The van der Waals surface area contributed by atoms with Gasteiger partial charge in [0.1, 0.15) is 6.07 Å². The van der Waals surface area contributed by atoms with Crippen LogP contribution in [0, 0.1) is 11.3 Å². The molecule has 3 nitrogen and oxygen atoms in total. The Kier molecular flexibility index (Phi) is 5.75. The zero-order chi connectivity index (χ0) is 14.4. The van der Waals surface area contributed by atoms with Crippen LogP contribution in [-0.2, 0) is 0 Å². The molecule has 1 atom stereocenters. The number of hydrogen-bond acceptors (Lipinski definition) is 4. The Morgan fingerprint density at radius 2 is 2.35 bits per heavy atom. The molecule has 4 heteroatoms. The summed E-state index contributed by atoms with van der Waals surface area (Å²) in [6.45, 7) is 5.32. The lowest BCUT2D eigenvalue weighted by Gasteiger charge is -2.28. The summed E-state index contributed by atoms with van der Waals surface area (Å²) in [4.78, 5) is 3.45. The SMILES string of the molecule is CCCN(CC1CCCN1)c1cccc(SC)c1C#N. The summed E-state index contributed by atoms with van der Waals surface area (Å²) in [5.74, 6) is 0. The quantitative estimate of drug-likeness (QED) is 0.816. The smallest absolute Gasteiger partial charge is 0.103 e. The first-order chi connectivity index (χ1) is 9.80. The molecule has 0 amide bonds. The Morgan fingerprint density at radius 3 is 2.95 bits per heavy atom. The Hall–Kier alpha value is -1.18. The average molecular weight is 289 g/mol. The zero-order valence-corrected chi connectivity index (χ0v) is 13.2. The molecule has 1 N–H and O–H groups in total. The number of nitriles is 1. The topological polar surface area (TPSA) is 39.1 Å². The van der Waals surface area contributed by atoms with Crippen molar-refractivity contribution in [3.63, 3.8) is 0 Å². The van der Waals surface area contributed by atoms with Gasteiger partial charge in [0.25, 0.3) is 0 Å². The number of nitrogens with zero attached hydrogens (tertiary/aromatic N) is 2. The van der Waals surface area contributed by atoms with Crippen LogP contribution in [0.3, 0.4) is 0 Å². The Balaban J connectivity index is 2.26. The highest BCUT2D eigenvalue weighted by molar-refractivity contribution is 7.98. The lowest BCUT2D eigenvalue weighted by molar-refractivity contribution is 0.578. The number of hydrogen-bond donors (Lipinski definition) is 1. The van der Waals surface area contributed by atoms with Gasteiger partial charge in [0, 0.05) is 24.0 Å². The van der Waals surface area contributed by atoms with E-state index in [1.807, 2.05) is 12.3 Å². The highest BCUT2D eigenvalue weighted by Gasteiger charge is 2.20. The highest BCUT2D eigenvalue weighted by Crippen LogP contribution is 2.29. The van der Waals surface area contributed by atoms with E-state index in [1.54, 1.807) is 11.8 Å². The fraction of sp³-hybridized carbons (Fsp3) is 0.562. The minimum absolute atomic E-state index is 0.561. The van der Waals surface area contributed by atoms with Gasteiger partial charge in [-0.15, -0.1) is 11.8 Å². The van der Waals surface area contributed by atoms with Crippen LogP contribution in [-0.4, -0.2) is 31.9 Å². The number of nitrogens with one attached hydrogen (secondary N) is 1. The fourth-order valence-corrected chi connectivity index (χ4v) is 3.39. The molecule has 0 radical (unpaired) electrons. The van der Waals surface area contributed by atoms with E-state index in [4.69, 9.17) is 0 Å². The van der Waals surface area contributed by atoms with Gasteiger partial charge >= 0.3 is 0 Å². The van der Waals surface area contributed by atoms with Gasteiger partial charge in [-0.2, -0.15) is 5.26 Å². The monoisotopic (exact) mass is 289 g/mol. The number of benzene rings is 1. The molecule has 1 aromatic carbocycles. The molecule has 0 aromatic heterocycles. The van der Waals surface area contributed by atoms with Crippen molar-refractivity contribution in [3.8, 4) is 6.07 Å². The Labute approximate surface area is 126 Å². The maximum absolute atomic E-state index is 9.50. The number of anilines is 1. The van der Waals surface area contributed by atoms with E-state index in [9.17, 15) is 5.26 Å². The lowest BCUT2D eigenvalue weighted by Crippen LogP contribution is -2.38. The molecule has 20 heavy (non-hydrogen) atoms. The van der Waals surface area contributed by atoms with Crippen LogP contribution in [0.15, 0.2) is 23.1 Å². The third kappa shape index (κ3) is 3.47. The van der Waals surface area contributed by atoms with Gasteiger partial charge < -0.3 is 10.2 Å². The van der Waals surface area contributed by atoms with Crippen molar-refractivity contribution in [3.05, 3.63) is 23.8 Å². The maximum atomic E-state index is 9.50. The Morgan fingerprint density at radius 1 is 1.50 bits per heavy atom. The van der Waals surface area contributed by atoms with Gasteiger partial charge in [0.05, 0.1) is 11.3 Å². The molecule has 1 aliphatic rings. The van der Waals surface area contributed by atoms with Gasteiger partial charge in [-0.3, -0.25) is 0 Å². The molecular weight excluding hydrogens is 266 g/mol. The van der Waals surface area contributed by atoms with Crippen molar-refractivity contribution >= 4 is 17.4 Å². The highest BCUT2D eigenvalue weighted by atomic mass is 32.2.